The summed E-state index contributed by atoms with van der Waals surface area (Å²) in [6, 6.07) is 4.89. The third-order valence-corrected chi connectivity index (χ3v) is 3.63. The molecule has 0 heterocycles. The van der Waals surface area contributed by atoms with Gasteiger partial charge in [-0.05, 0) is 38.8 Å². The first-order valence-corrected chi connectivity index (χ1v) is 6.83. The van der Waals surface area contributed by atoms with Crippen molar-refractivity contribution in [2.45, 2.75) is 31.9 Å². The molecule has 0 saturated heterocycles. The van der Waals surface area contributed by atoms with Crippen LogP contribution in [0.4, 0.5) is 4.39 Å². The quantitative estimate of drug-likeness (QED) is 0.824. The van der Waals surface area contributed by atoms with Gasteiger partial charge < -0.3 is 14.8 Å². The predicted octanol–water partition coefficient (Wildman–Crippen LogP) is 2.91. The van der Waals surface area contributed by atoms with Crippen LogP contribution in [-0.4, -0.2) is 26.9 Å². The summed E-state index contributed by atoms with van der Waals surface area (Å²) in [6.45, 7) is 2.63. The van der Waals surface area contributed by atoms with E-state index >= 15 is 0 Å². The standard InChI is InChI=1S/C15H22FNO2/c1-4-19-15(10-5-6-10)14(17-2)12-8-7-11(18-3)9-13(12)16/h7-10,14-15,17H,4-6H2,1-3H3. The maximum atomic E-state index is 14.2. The summed E-state index contributed by atoms with van der Waals surface area (Å²) in [5, 5.41) is 3.20. The second kappa shape index (κ2) is 6.35. The molecule has 1 aromatic carbocycles. The molecule has 2 rings (SSSR count). The van der Waals surface area contributed by atoms with E-state index in [9.17, 15) is 4.39 Å². The van der Waals surface area contributed by atoms with Crippen LogP contribution in [0.3, 0.4) is 0 Å². The average molecular weight is 267 g/mol. The zero-order valence-corrected chi connectivity index (χ0v) is 11.8. The Morgan fingerprint density at radius 3 is 2.63 bits per heavy atom. The lowest BCUT2D eigenvalue weighted by molar-refractivity contribution is 0.0196. The highest BCUT2D eigenvalue weighted by atomic mass is 19.1. The SMILES string of the molecule is CCOC(C1CC1)C(NC)c1ccc(OC)cc1F. The minimum absolute atomic E-state index is 0.0397. The van der Waals surface area contributed by atoms with Gasteiger partial charge >= 0.3 is 0 Å². The number of likely N-dealkylation sites (N-methyl/N-ethyl adjacent to an activating group) is 1. The van der Waals surface area contributed by atoms with Gasteiger partial charge in [-0.1, -0.05) is 6.07 Å². The van der Waals surface area contributed by atoms with Crippen LogP contribution >= 0.6 is 0 Å². The van der Waals surface area contributed by atoms with E-state index in [4.69, 9.17) is 9.47 Å². The fourth-order valence-electron chi connectivity index (χ4n) is 2.51. The monoisotopic (exact) mass is 267 g/mol. The molecule has 1 aromatic rings. The third kappa shape index (κ3) is 3.25. The van der Waals surface area contributed by atoms with Gasteiger partial charge in [0.05, 0.1) is 19.3 Å². The van der Waals surface area contributed by atoms with Crippen LogP contribution in [-0.2, 0) is 4.74 Å². The first-order valence-electron chi connectivity index (χ1n) is 6.83. The van der Waals surface area contributed by atoms with Gasteiger partial charge in [0, 0.05) is 18.2 Å². The molecule has 0 spiro atoms. The second-order valence-corrected chi connectivity index (χ2v) is 4.91. The lowest BCUT2D eigenvalue weighted by Gasteiger charge is -2.27. The van der Waals surface area contributed by atoms with Crippen molar-refractivity contribution in [1.82, 2.24) is 5.32 Å². The molecule has 1 aliphatic rings. The van der Waals surface area contributed by atoms with Crippen LogP contribution in [0.1, 0.15) is 31.4 Å². The van der Waals surface area contributed by atoms with Crippen LogP contribution in [0.5, 0.6) is 5.75 Å². The van der Waals surface area contributed by atoms with Crippen LogP contribution in [0, 0.1) is 11.7 Å². The topological polar surface area (TPSA) is 30.5 Å². The predicted molar refractivity (Wildman–Crippen MR) is 72.9 cm³/mol. The summed E-state index contributed by atoms with van der Waals surface area (Å²) >= 11 is 0. The van der Waals surface area contributed by atoms with Crippen molar-refractivity contribution in [3.63, 3.8) is 0 Å². The Balaban J connectivity index is 2.24. The summed E-state index contributed by atoms with van der Waals surface area (Å²) in [7, 11) is 3.39. The van der Waals surface area contributed by atoms with Crippen molar-refractivity contribution < 1.29 is 13.9 Å². The number of rotatable bonds is 7. The first kappa shape index (κ1) is 14.3. The molecular weight excluding hydrogens is 245 g/mol. The van der Waals surface area contributed by atoms with Crippen LogP contribution in [0.2, 0.25) is 0 Å². The minimum atomic E-state index is -0.246. The summed E-state index contributed by atoms with van der Waals surface area (Å²) in [5.41, 5.74) is 0.647. The Bertz CT molecular complexity index is 421. The molecular formula is C15H22FNO2. The Morgan fingerprint density at radius 1 is 1.42 bits per heavy atom. The van der Waals surface area contributed by atoms with E-state index in [0.29, 0.717) is 23.8 Å². The minimum Gasteiger partial charge on any atom is -0.497 e. The normalized spacial score (nSPS) is 18.1. The molecule has 2 unspecified atom stereocenters. The Labute approximate surface area is 114 Å². The van der Waals surface area contributed by atoms with Crippen molar-refractivity contribution in [3.05, 3.63) is 29.6 Å². The maximum absolute atomic E-state index is 14.2. The van der Waals surface area contributed by atoms with E-state index in [1.54, 1.807) is 12.1 Å². The average Bonchev–Trinajstić information content (AvgIpc) is 3.24. The van der Waals surface area contributed by atoms with E-state index < -0.39 is 0 Å². The highest BCUT2D eigenvalue weighted by molar-refractivity contribution is 5.31. The molecule has 1 fully saturated rings. The Kier molecular flexibility index (Phi) is 4.77. The highest BCUT2D eigenvalue weighted by Gasteiger charge is 2.38. The number of hydrogen-bond donors (Lipinski definition) is 1. The number of ether oxygens (including phenoxy) is 2. The van der Waals surface area contributed by atoms with Gasteiger partial charge in [-0.3, -0.25) is 0 Å². The Hall–Kier alpha value is -1.13. The number of benzene rings is 1. The van der Waals surface area contributed by atoms with E-state index in [1.165, 1.54) is 26.0 Å². The molecule has 3 nitrogen and oxygen atoms in total. The molecule has 1 saturated carbocycles. The highest BCUT2D eigenvalue weighted by Crippen LogP contribution is 2.40. The summed E-state index contributed by atoms with van der Waals surface area (Å²) < 4.78 is 25.0. The molecule has 1 aliphatic carbocycles. The molecule has 106 valence electrons. The van der Waals surface area contributed by atoms with E-state index in [1.807, 2.05) is 14.0 Å². The fraction of sp³-hybridized carbons (Fsp3) is 0.600. The van der Waals surface area contributed by atoms with Gasteiger partial charge in [0.25, 0.3) is 0 Å². The molecule has 1 N–H and O–H groups in total. The van der Waals surface area contributed by atoms with E-state index in [-0.39, 0.29) is 18.0 Å². The van der Waals surface area contributed by atoms with Crippen molar-refractivity contribution in [1.29, 1.82) is 0 Å². The molecule has 4 heteroatoms. The largest absolute Gasteiger partial charge is 0.497 e. The molecule has 2 atom stereocenters. The molecule has 19 heavy (non-hydrogen) atoms. The van der Waals surface area contributed by atoms with Crippen molar-refractivity contribution in [2.75, 3.05) is 20.8 Å². The summed E-state index contributed by atoms with van der Waals surface area (Å²) in [4.78, 5) is 0. The van der Waals surface area contributed by atoms with Crippen molar-refractivity contribution >= 4 is 0 Å². The lowest BCUT2D eigenvalue weighted by atomic mass is 9.97. The first-order chi connectivity index (χ1) is 9.21. The van der Waals surface area contributed by atoms with Crippen molar-refractivity contribution in [2.24, 2.45) is 5.92 Å². The third-order valence-electron chi connectivity index (χ3n) is 3.63. The molecule has 0 amide bonds. The van der Waals surface area contributed by atoms with Crippen LogP contribution in [0.15, 0.2) is 18.2 Å². The molecule has 0 aromatic heterocycles. The van der Waals surface area contributed by atoms with E-state index in [0.717, 1.165) is 0 Å². The van der Waals surface area contributed by atoms with Gasteiger partial charge in [0.1, 0.15) is 11.6 Å². The second-order valence-electron chi connectivity index (χ2n) is 4.91. The Morgan fingerprint density at radius 2 is 2.16 bits per heavy atom. The zero-order chi connectivity index (χ0) is 13.8. The number of nitrogens with one attached hydrogen (secondary N) is 1. The van der Waals surface area contributed by atoms with Gasteiger partial charge in [-0.2, -0.15) is 0 Å². The molecule has 0 bridgehead atoms. The maximum Gasteiger partial charge on any atom is 0.131 e. The number of halogens is 1. The van der Waals surface area contributed by atoms with Gasteiger partial charge in [-0.15, -0.1) is 0 Å². The lowest BCUT2D eigenvalue weighted by Crippen LogP contribution is -2.34. The van der Waals surface area contributed by atoms with Crippen molar-refractivity contribution in [3.8, 4) is 5.75 Å². The van der Waals surface area contributed by atoms with Gasteiger partial charge in [0.2, 0.25) is 0 Å². The summed E-state index contributed by atoms with van der Waals surface area (Å²) in [5.74, 6) is 0.832. The summed E-state index contributed by atoms with van der Waals surface area (Å²) in [6.07, 6.45) is 2.37. The zero-order valence-electron chi connectivity index (χ0n) is 11.8. The smallest absolute Gasteiger partial charge is 0.131 e. The molecule has 0 radical (unpaired) electrons. The molecule has 0 aliphatic heterocycles. The van der Waals surface area contributed by atoms with Gasteiger partial charge in [-0.25, -0.2) is 4.39 Å². The fourth-order valence-corrected chi connectivity index (χ4v) is 2.51. The number of hydrogen-bond acceptors (Lipinski definition) is 3. The van der Waals surface area contributed by atoms with Gasteiger partial charge in [0.15, 0.2) is 0 Å². The van der Waals surface area contributed by atoms with Crippen LogP contribution < -0.4 is 10.1 Å². The van der Waals surface area contributed by atoms with E-state index in [2.05, 4.69) is 5.32 Å². The van der Waals surface area contributed by atoms with Crippen LogP contribution in [0.25, 0.3) is 0 Å². The number of methoxy groups -OCH3 is 1.